The summed E-state index contributed by atoms with van der Waals surface area (Å²) in [5.41, 5.74) is 2.97. The normalized spacial score (nSPS) is 25.9. The highest BCUT2D eigenvalue weighted by Gasteiger charge is 2.42. The second kappa shape index (κ2) is 5.02. The lowest BCUT2D eigenvalue weighted by atomic mass is 9.74. The molecule has 0 amide bonds. The van der Waals surface area contributed by atoms with Gasteiger partial charge in [0.1, 0.15) is 0 Å². The van der Waals surface area contributed by atoms with Gasteiger partial charge in [0.15, 0.2) is 0 Å². The molecule has 98 valence electrons. The molecular formula is C16H23NO. The average molecular weight is 245 g/mol. The van der Waals surface area contributed by atoms with Gasteiger partial charge < -0.3 is 10.1 Å². The Morgan fingerprint density at radius 2 is 2.06 bits per heavy atom. The summed E-state index contributed by atoms with van der Waals surface area (Å²) in [5, 5.41) is 3.70. The zero-order valence-corrected chi connectivity index (χ0v) is 11.2. The van der Waals surface area contributed by atoms with Gasteiger partial charge in [-0.3, -0.25) is 0 Å². The molecule has 2 nitrogen and oxygen atoms in total. The minimum atomic E-state index is 0.253. The van der Waals surface area contributed by atoms with E-state index >= 15 is 0 Å². The molecule has 0 radical (unpaired) electrons. The Labute approximate surface area is 110 Å². The maximum Gasteiger partial charge on any atom is 0.0697 e. The molecule has 0 aromatic heterocycles. The topological polar surface area (TPSA) is 21.3 Å². The summed E-state index contributed by atoms with van der Waals surface area (Å²) in [5.74, 6) is 0. The lowest BCUT2D eigenvalue weighted by Crippen LogP contribution is -2.50. The SMILES string of the molecule is Cc1ccc(CNC2CCOC3(CCC3)C2)cc1. The van der Waals surface area contributed by atoms with Crippen molar-refractivity contribution in [3.05, 3.63) is 35.4 Å². The van der Waals surface area contributed by atoms with Crippen LogP contribution in [0.5, 0.6) is 0 Å². The number of nitrogens with one attached hydrogen (secondary N) is 1. The van der Waals surface area contributed by atoms with Crippen LogP contribution in [0.3, 0.4) is 0 Å². The van der Waals surface area contributed by atoms with Gasteiger partial charge in [-0.2, -0.15) is 0 Å². The predicted octanol–water partition coefficient (Wildman–Crippen LogP) is 3.19. The summed E-state index contributed by atoms with van der Waals surface area (Å²) in [6.45, 7) is 4.06. The van der Waals surface area contributed by atoms with Gasteiger partial charge in [0.05, 0.1) is 5.60 Å². The molecule has 2 fully saturated rings. The third kappa shape index (κ3) is 2.60. The molecule has 0 bridgehead atoms. The van der Waals surface area contributed by atoms with Crippen molar-refractivity contribution < 1.29 is 4.74 Å². The van der Waals surface area contributed by atoms with Crippen LogP contribution in [0.25, 0.3) is 0 Å². The van der Waals surface area contributed by atoms with E-state index in [0.29, 0.717) is 6.04 Å². The first-order valence-electron chi connectivity index (χ1n) is 7.19. The van der Waals surface area contributed by atoms with E-state index in [4.69, 9.17) is 4.74 Å². The highest BCUT2D eigenvalue weighted by Crippen LogP contribution is 2.42. The quantitative estimate of drug-likeness (QED) is 0.883. The first-order chi connectivity index (χ1) is 8.76. The fraction of sp³-hybridized carbons (Fsp3) is 0.625. The summed E-state index contributed by atoms with van der Waals surface area (Å²) in [4.78, 5) is 0. The molecular weight excluding hydrogens is 222 g/mol. The van der Waals surface area contributed by atoms with Crippen molar-refractivity contribution in [2.24, 2.45) is 0 Å². The minimum absolute atomic E-state index is 0.253. The third-order valence-corrected chi connectivity index (χ3v) is 4.47. The van der Waals surface area contributed by atoms with Crippen LogP contribution in [0.2, 0.25) is 0 Å². The third-order valence-electron chi connectivity index (χ3n) is 4.47. The maximum atomic E-state index is 5.96. The molecule has 1 aliphatic carbocycles. The summed E-state index contributed by atoms with van der Waals surface area (Å²) in [6.07, 6.45) is 6.27. The largest absolute Gasteiger partial charge is 0.375 e. The molecule has 1 aromatic carbocycles. The highest BCUT2D eigenvalue weighted by atomic mass is 16.5. The van der Waals surface area contributed by atoms with Gasteiger partial charge in [0.25, 0.3) is 0 Å². The Morgan fingerprint density at radius 1 is 1.28 bits per heavy atom. The monoisotopic (exact) mass is 245 g/mol. The molecule has 1 atom stereocenters. The van der Waals surface area contributed by atoms with Gasteiger partial charge in [-0.05, 0) is 44.6 Å². The lowest BCUT2D eigenvalue weighted by molar-refractivity contribution is -0.135. The van der Waals surface area contributed by atoms with E-state index in [1.54, 1.807) is 0 Å². The van der Waals surface area contributed by atoms with Crippen molar-refractivity contribution in [3.8, 4) is 0 Å². The van der Waals surface area contributed by atoms with Gasteiger partial charge in [-0.15, -0.1) is 0 Å². The number of hydrogen-bond donors (Lipinski definition) is 1. The Kier molecular flexibility index (Phi) is 3.40. The number of hydrogen-bond acceptors (Lipinski definition) is 2. The number of aryl methyl sites for hydroxylation is 1. The summed E-state index contributed by atoms with van der Waals surface area (Å²) in [6, 6.07) is 9.46. The van der Waals surface area contributed by atoms with Crippen molar-refractivity contribution in [1.29, 1.82) is 0 Å². The smallest absolute Gasteiger partial charge is 0.0697 e. The van der Waals surface area contributed by atoms with Crippen molar-refractivity contribution in [1.82, 2.24) is 5.32 Å². The molecule has 1 saturated heterocycles. The van der Waals surface area contributed by atoms with Gasteiger partial charge >= 0.3 is 0 Å². The van der Waals surface area contributed by atoms with Crippen molar-refractivity contribution >= 4 is 0 Å². The average Bonchev–Trinajstić information content (AvgIpc) is 2.37. The minimum Gasteiger partial charge on any atom is -0.375 e. The number of benzene rings is 1. The lowest BCUT2D eigenvalue weighted by Gasteiger charge is -2.47. The van der Waals surface area contributed by atoms with E-state index in [1.165, 1.54) is 36.8 Å². The van der Waals surface area contributed by atoms with Gasteiger partial charge in [-0.25, -0.2) is 0 Å². The van der Waals surface area contributed by atoms with E-state index in [-0.39, 0.29) is 5.60 Å². The zero-order valence-electron chi connectivity index (χ0n) is 11.2. The summed E-state index contributed by atoms with van der Waals surface area (Å²) in [7, 11) is 0. The van der Waals surface area contributed by atoms with Gasteiger partial charge in [0, 0.05) is 19.2 Å². The Morgan fingerprint density at radius 3 is 2.72 bits per heavy atom. The van der Waals surface area contributed by atoms with Gasteiger partial charge in [0.2, 0.25) is 0 Å². The van der Waals surface area contributed by atoms with E-state index in [0.717, 1.165) is 19.6 Å². The molecule has 2 aliphatic rings. The summed E-state index contributed by atoms with van der Waals surface area (Å²) < 4.78 is 5.96. The van der Waals surface area contributed by atoms with Crippen molar-refractivity contribution in [3.63, 3.8) is 0 Å². The zero-order chi connectivity index (χ0) is 12.4. The second-order valence-corrected chi connectivity index (χ2v) is 5.94. The highest BCUT2D eigenvalue weighted by molar-refractivity contribution is 5.21. The van der Waals surface area contributed by atoms with Gasteiger partial charge in [-0.1, -0.05) is 29.8 Å². The van der Waals surface area contributed by atoms with E-state index in [9.17, 15) is 0 Å². The van der Waals surface area contributed by atoms with Crippen LogP contribution in [0.4, 0.5) is 0 Å². The van der Waals surface area contributed by atoms with Crippen LogP contribution >= 0.6 is 0 Å². The standard InChI is InChI=1S/C16H23NO/c1-13-3-5-14(6-4-13)12-17-15-7-10-18-16(11-15)8-2-9-16/h3-6,15,17H,2,7-12H2,1H3. The molecule has 1 N–H and O–H groups in total. The number of ether oxygens (including phenoxy) is 1. The molecule has 1 saturated carbocycles. The van der Waals surface area contributed by atoms with Crippen LogP contribution in [-0.4, -0.2) is 18.2 Å². The van der Waals surface area contributed by atoms with E-state index < -0.39 is 0 Å². The number of rotatable bonds is 3. The van der Waals surface area contributed by atoms with Crippen LogP contribution in [0.15, 0.2) is 24.3 Å². The molecule has 3 rings (SSSR count). The molecule has 1 spiro atoms. The van der Waals surface area contributed by atoms with E-state index in [1.807, 2.05) is 0 Å². The maximum absolute atomic E-state index is 5.96. The molecule has 1 aliphatic heterocycles. The second-order valence-electron chi connectivity index (χ2n) is 5.94. The fourth-order valence-corrected chi connectivity index (χ4v) is 3.09. The molecule has 2 heteroatoms. The first-order valence-corrected chi connectivity index (χ1v) is 7.19. The first kappa shape index (κ1) is 12.2. The van der Waals surface area contributed by atoms with Crippen LogP contribution in [0, 0.1) is 6.92 Å². The van der Waals surface area contributed by atoms with Crippen LogP contribution < -0.4 is 5.32 Å². The predicted molar refractivity (Wildman–Crippen MR) is 73.6 cm³/mol. The fourth-order valence-electron chi connectivity index (χ4n) is 3.09. The Bertz CT molecular complexity index is 394. The molecule has 1 unspecified atom stereocenters. The van der Waals surface area contributed by atoms with E-state index in [2.05, 4.69) is 36.5 Å². The van der Waals surface area contributed by atoms with Crippen LogP contribution in [-0.2, 0) is 11.3 Å². The Balaban J connectivity index is 1.52. The summed E-state index contributed by atoms with van der Waals surface area (Å²) >= 11 is 0. The van der Waals surface area contributed by atoms with Crippen molar-refractivity contribution in [2.75, 3.05) is 6.61 Å². The Hall–Kier alpha value is -0.860. The molecule has 18 heavy (non-hydrogen) atoms. The van der Waals surface area contributed by atoms with Crippen molar-refractivity contribution in [2.45, 2.75) is 57.2 Å². The van der Waals surface area contributed by atoms with Crippen LogP contribution in [0.1, 0.15) is 43.2 Å². The molecule has 1 aromatic rings. The molecule has 1 heterocycles.